The van der Waals surface area contributed by atoms with Gasteiger partial charge in [0.25, 0.3) is 6.47 Å². The van der Waals surface area contributed by atoms with Crippen LogP contribution < -0.4 is 10.6 Å². The molecular weight excluding hydrogens is 360 g/mol. The van der Waals surface area contributed by atoms with Crippen molar-refractivity contribution in [1.29, 1.82) is 0 Å². The van der Waals surface area contributed by atoms with Crippen molar-refractivity contribution in [2.45, 2.75) is 25.7 Å². The Bertz CT molecular complexity index is 667. The molecule has 3 N–H and O–H groups in total. The molecule has 2 aliphatic heterocycles. The molecule has 2 saturated heterocycles. The van der Waals surface area contributed by atoms with Gasteiger partial charge in [0.1, 0.15) is 6.54 Å². The summed E-state index contributed by atoms with van der Waals surface area (Å²) in [6, 6.07) is 8.48. The van der Waals surface area contributed by atoms with Gasteiger partial charge in [-0.25, -0.2) is 4.79 Å². The zero-order valence-electron chi connectivity index (χ0n) is 16.4. The topological polar surface area (TPSA) is 102 Å². The number of carbonyl (C=O) groups excluding carboxylic acids is 2. The summed E-state index contributed by atoms with van der Waals surface area (Å²) in [5, 5.41) is 12.6. The average Bonchev–Trinajstić information content (AvgIpc) is 3.02. The molecule has 0 spiro atoms. The fourth-order valence-corrected chi connectivity index (χ4v) is 3.75. The van der Waals surface area contributed by atoms with Gasteiger partial charge in [-0.05, 0) is 43.4 Å². The minimum Gasteiger partial charge on any atom is -0.483 e. The number of aryl methyl sites for hydroxylation is 1. The zero-order chi connectivity index (χ0) is 20.4. The largest absolute Gasteiger partial charge is 0.483 e. The van der Waals surface area contributed by atoms with Gasteiger partial charge in [-0.1, -0.05) is 24.3 Å². The molecule has 0 aliphatic carbocycles. The van der Waals surface area contributed by atoms with E-state index in [0.29, 0.717) is 25.6 Å². The van der Waals surface area contributed by atoms with Crippen LogP contribution >= 0.6 is 0 Å². The number of rotatable bonds is 4. The van der Waals surface area contributed by atoms with Crippen LogP contribution in [0.4, 0.5) is 4.79 Å². The number of hydrogen-bond donors (Lipinski definition) is 3. The smallest absolute Gasteiger partial charge is 0.317 e. The summed E-state index contributed by atoms with van der Waals surface area (Å²) in [4.78, 5) is 36.1. The highest BCUT2D eigenvalue weighted by atomic mass is 16.3. The van der Waals surface area contributed by atoms with Crippen LogP contribution in [-0.4, -0.2) is 79.1 Å². The lowest BCUT2D eigenvalue weighted by molar-refractivity contribution is -0.123. The Kier molecular flexibility index (Phi) is 8.74. The summed E-state index contributed by atoms with van der Waals surface area (Å²) in [7, 11) is 0. The van der Waals surface area contributed by atoms with Crippen LogP contribution in [0.1, 0.15) is 29.9 Å². The highest BCUT2D eigenvalue weighted by Gasteiger charge is 2.25. The Balaban J connectivity index is 0.000000878. The highest BCUT2D eigenvalue weighted by molar-refractivity contribution is 5.84. The molecule has 0 bridgehead atoms. The Labute approximate surface area is 165 Å². The van der Waals surface area contributed by atoms with E-state index in [9.17, 15) is 9.59 Å². The molecule has 8 heteroatoms. The maximum atomic E-state index is 12.2. The Morgan fingerprint density at radius 3 is 2.86 bits per heavy atom. The number of carbonyl (C=O) groups is 3. The number of carboxylic acid groups (broad SMARTS) is 1. The first-order valence-electron chi connectivity index (χ1n) is 9.70. The minimum atomic E-state index is -0.250. The Morgan fingerprint density at radius 1 is 1.36 bits per heavy atom. The lowest BCUT2D eigenvalue weighted by Crippen LogP contribution is -2.45. The van der Waals surface area contributed by atoms with Crippen molar-refractivity contribution in [2.24, 2.45) is 0 Å². The first kappa shape index (κ1) is 21.7. The van der Waals surface area contributed by atoms with Gasteiger partial charge < -0.3 is 25.5 Å². The first-order valence-corrected chi connectivity index (χ1v) is 9.70. The number of amides is 3. The van der Waals surface area contributed by atoms with Crippen LogP contribution in [-0.2, 0) is 9.59 Å². The van der Waals surface area contributed by atoms with Crippen LogP contribution in [0.25, 0.3) is 0 Å². The van der Waals surface area contributed by atoms with Crippen molar-refractivity contribution in [3.63, 3.8) is 0 Å². The van der Waals surface area contributed by atoms with E-state index in [4.69, 9.17) is 9.90 Å². The maximum Gasteiger partial charge on any atom is 0.317 e. The number of likely N-dealkylation sites (tertiary alicyclic amines) is 1. The van der Waals surface area contributed by atoms with E-state index in [-0.39, 0.29) is 25.0 Å². The van der Waals surface area contributed by atoms with Gasteiger partial charge in [-0.3, -0.25) is 9.59 Å². The third-order valence-electron chi connectivity index (χ3n) is 5.15. The summed E-state index contributed by atoms with van der Waals surface area (Å²) in [6.07, 6.45) is 1.98. The Hall–Kier alpha value is -2.61. The molecule has 3 rings (SSSR count). The molecular formula is C20H30N4O4. The predicted molar refractivity (Wildman–Crippen MR) is 106 cm³/mol. The molecule has 0 radical (unpaired) electrons. The van der Waals surface area contributed by atoms with Crippen molar-refractivity contribution < 1.29 is 19.5 Å². The SMILES string of the molecule is Cc1ccccc1C1CCN(CCNC(=O)N2CCCNC(=O)C2)C1.O=CO. The predicted octanol–water partition coefficient (Wildman–Crippen LogP) is 1.02. The molecule has 154 valence electrons. The maximum absolute atomic E-state index is 12.2. The van der Waals surface area contributed by atoms with Crippen molar-refractivity contribution in [3.05, 3.63) is 35.4 Å². The summed E-state index contributed by atoms with van der Waals surface area (Å²) >= 11 is 0. The summed E-state index contributed by atoms with van der Waals surface area (Å²) in [5.74, 6) is 0.513. The van der Waals surface area contributed by atoms with Crippen LogP contribution in [0.2, 0.25) is 0 Å². The zero-order valence-corrected chi connectivity index (χ0v) is 16.4. The standard InChI is InChI=1S/C19H28N4O2.CH2O2/c1-15-5-2-3-6-17(15)16-7-11-22(13-16)12-9-21-19(25)23-10-4-8-20-18(24)14-23;2-1-3/h2-3,5-6,16H,4,7-14H2,1H3,(H,20,24)(H,21,25);1H,(H,2,3). The van der Waals surface area contributed by atoms with Crippen LogP contribution in [0.15, 0.2) is 24.3 Å². The molecule has 28 heavy (non-hydrogen) atoms. The van der Waals surface area contributed by atoms with Gasteiger partial charge in [0.05, 0.1) is 0 Å². The first-order chi connectivity index (χ1) is 13.5. The molecule has 2 aliphatic rings. The van der Waals surface area contributed by atoms with E-state index >= 15 is 0 Å². The van der Waals surface area contributed by atoms with Crippen molar-refractivity contribution in [2.75, 3.05) is 45.8 Å². The molecule has 1 atom stereocenters. The monoisotopic (exact) mass is 390 g/mol. The third-order valence-corrected chi connectivity index (χ3v) is 5.15. The van der Waals surface area contributed by atoms with Gasteiger partial charge in [-0.2, -0.15) is 0 Å². The fraction of sp³-hybridized carbons (Fsp3) is 0.550. The van der Waals surface area contributed by atoms with Gasteiger partial charge in [0.2, 0.25) is 5.91 Å². The normalized spacial score (nSPS) is 19.8. The van der Waals surface area contributed by atoms with Gasteiger partial charge in [-0.15, -0.1) is 0 Å². The lowest BCUT2D eigenvalue weighted by Gasteiger charge is -2.21. The molecule has 2 heterocycles. The van der Waals surface area contributed by atoms with Gasteiger partial charge in [0, 0.05) is 32.7 Å². The molecule has 1 unspecified atom stereocenters. The average molecular weight is 390 g/mol. The van der Waals surface area contributed by atoms with Crippen molar-refractivity contribution in [1.82, 2.24) is 20.4 Å². The summed E-state index contributed by atoms with van der Waals surface area (Å²) in [5.41, 5.74) is 2.81. The number of hydrogen-bond acceptors (Lipinski definition) is 4. The quantitative estimate of drug-likeness (QED) is 0.666. The summed E-state index contributed by atoms with van der Waals surface area (Å²) in [6.45, 7) is 6.96. The fourth-order valence-electron chi connectivity index (χ4n) is 3.75. The van der Waals surface area contributed by atoms with E-state index in [0.717, 1.165) is 26.1 Å². The molecule has 1 aromatic carbocycles. The molecule has 3 amide bonds. The van der Waals surface area contributed by atoms with E-state index in [1.807, 2.05) is 0 Å². The third kappa shape index (κ3) is 6.53. The van der Waals surface area contributed by atoms with Crippen LogP contribution in [0.5, 0.6) is 0 Å². The number of nitrogens with zero attached hydrogens (tertiary/aromatic N) is 2. The van der Waals surface area contributed by atoms with Gasteiger partial charge >= 0.3 is 6.03 Å². The lowest BCUT2D eigenvalue weighted by atomic mass is 9.94. The van der Waals surface area contributed by atoms with Crippen LogP contribution in [0.3, 0.4) is 0 Å². The van der Waals surface area contributed by atoms with E-state index < -0.39 is 0 Å². The second-order valence-electron chi connectivity index (χ2n) is 7.11. The number of urea groups is 1. The highest BCUT2D eigenvalue weighted by Crippen LogP contribution is 2.28. The second kappa shape index (κ2) is 11.3. The number of benzene rings is 1. The Morgan fingerprint density at radius 2 is 2.11 bits per heavy atom. The molecule has 8 nitrogen and oxygen atoms in total. The van der Waals surface area contributed by atoms with Crippen LogP contribution in [0, 0.1) is 6.92 Å². The van der Waals surface area contributed by atoms with E-state index in [2.05, 4.69) is 46.7 Å². The molecule has 2 fully saturated rings. The summed E-state index contributed by atoms with van der Waals surface area (Å²) < 4.78 is 0. The van der Waals surface area contributed by atoms with Gasteiger partial charge in [0.15, 0.2) is 0 Å². The molecule has 0 saturated carbocycles. The minimum absolute atomic E-state index is 0.0757. The van der Waals surface area contributed by atoms with Crippen molar-refractivity contribution in [3.8, 4) is 0 Å². The number of nitrogens with one attached hydrogen (secondary N) is 2. The van der Waals surface area contributed by atoms with Crippen molar-refractivity contribution >= 4 is 18.4 Å². The van der Waals surface area contributed by atoms with E-state index in [1.54, 1.807) is 4.90 Å². The molecule has 1 aromatic rings. The molecule has 0 aromatic heterocycles. The van der Waals surface area contributed by atoms with E-state index in [1.165, 1.54) is 17.5 Å². The second-order valence-corrected chi connectivity index (χ2v) is 7.11.